The van der Waals surface area contributed by atoms with E-state index >= 15 is 0 Å². The smallest absolute Gasteiger partial charge is 0.219 e. The summed E-state index contributed by atoms with van der Waals surface area (Å²) in [5.41, 5.74) is 2.98. The Balaban J connectivity index is 1.66. The lowest BCUT2D eigenvalue weighted by atomic mass is 10.0. The molecular weight excluding hydrogens is 330 g/mol. The predicted octanol–water partition coefficient (Wildman–Crippen LogP) is 1.89. The average Bonchev–Trinajstić information content (AvgIpc) is 3.19. The van der Waals surface area contributed by atoms with Gasteiger partial charge in [-0.3, -0.25) is 9.78 Å². The van der Waals surface area contributed by atoms with Crippen LogP contribution in [0.2, 0.25) is 0 Å². The van der Waals surface area contributed by atoms with E-state index in [1.165, 1.54) is 0 Å². The summed E-state index contributed by atoms with van der Waals surface area (Å²) in [5, 5.41) is 3.52. The Morgan fingerprint density at radius 2 is 2.19 bits per heavy atom. The van der Waals surface area contributed by atoms with E-state index in [4.69, 9.17) is 14.7 Å². The molecule has 0 saturated carbocycles. The van der Waals surface area contributed by atoms with Crippen LogP contribution in [0.15, 0.2) is 24.5 Å². The van der Waals surface area contributed by atoms with Crippen molar-refractivity contribution in [3.05, 3.63) is 35.8 Å². The summed E-state index contributed by atoms with van der Waals surface area (Å²) in [6, 6.07) is 3.81. The van der Waals surface area contributed by atoms with Crippen LogP contribution in [0.4, 0.5) is 5.82 Å². The molecule has 0 aliphatic carbocycles. The molecule has 2 aromatic rings. The zero-order valence-electron chi connectivity index (χ0n) is 14.9. The zero-order chi connectivity index (χ0) is 17.9. The van der Waals surface area contributed by atoms with Crippen molar-refractivity contribution in [2.24, 2.45) is 5.92 Å². The first-order chi connectivity index (χ1) is 12.7. The van der Waals surface area contributed by atoms with E-state index in [1.807, 2.05) is 17.0 Å². The van der Waals surface area contributed by atoms with E-state index in [-0.39, 0.29) is 5.91 Å². The van der Waals surface area contributed by atoms with E-state index < -0.39 is 0 Å². The van der Waals surface area contributed by atoms with Crippen LogP contribution in [0.25, 0.3) is 11.4 Å². The number of hydrogen-bond donors (Lipinski definition) is 1. The van der Waals surface area contributed by atoms with Gasteiger partial charge in [0.1, 0.15) is 5.82 Å². The van der Waals surface area contributed by atoms with Crippen LogP contribution in [0.5, 0.6) is 0 Å². The van der Waals surface area contributed by atoms with Crippen LogP contribution < -0.4 is 5.32 Å². The van der Waals surface area contributed by atoms with Gasteiger partial charge in [-0.1, -0.05) is 0 Å². The third kappa shape index (κ3) is 3.53. The van der Waals surface area contributed by atoms with Gasteiger partial charge >= 0.3 is 0 Å². The molecule has 2 aliphatic rings. The number of rotatable bonds is 4. The summed E-state index contributed by atoms with van der Waals surface area (Å²) in [7, 11) is 0. The number of ether oxygens (including phenoxy) is 1. The lowest BCUT2D eigenvalue weighted by molar-refractivity contribution is -0.129. The maximum Gasteiger partial charge on any atom is 0.219 e. The Bertz CT molecular complexity index is 790. The van der Waals surface area contributed by atoms with Crippen LogP contribution in [0.1, 0.15) is 24.6 Å². The predicted molar refractivity (Wildman–Crippen MR) is 97.5 cm³/mol. The first-order valence-electron chi connectivity index (χ1n) is 9.08. The van der Waals surface area contributed by atoms with E-state index in [9.17, 15) is 4.79 Å². The Kier molecular flexibility index (Phi) is 4.79. The van der Waals surface area contributed by atoms with Crippen molar-refractivity contribution in [1.29, 1.82) is 0 Å². The molecule has 1 fully saturated rings. The Morgan fingerprint density at radius 3 is 2.92 bits per heavy atom. The molecule has 1 amide bonds. The number of fused-ring (bicyclic) bond motifs is 1. The number of anilines is 1. The summed E-state index contributed by atoms with van der Waals surface area (Å²) in [6.07, 6.45) is 5.33. The van der Waals surface area contributed by atoms with E-state index in [0.717, 1.165) is 55.2 Å². The molecule has 0 aromatic carbocycles. The number of pyridine rings is 1. The maximum absolute atomic E-state index is 11.8. The van der Waals surface area contributed by atoms with Crippen LogP contribution in [-0.2, 0) is 22.5 Å². The highest BCUT2D eigenvalue weighted by molar-refractivity contribution is 5.74. The highest BCUT2D eigenvalue weighted by atomic mass is 16.5. The topological polar surface area (TPSA) is 80.2 Å². The molecular formula is C19H23N5O2. The Morgan fingerprint density at radius 1 is 1.35 bits per heavy atom. The van der Waals surface area contributed by atoms with Crippen molar-refractivity contribution in [2.75, 3.05) is 31.6 Å². The minimum Gasteiger partial charge on any atom is -0.381 e. The molecule has 0 spiro atoms. The van der Waals surface area contributed by atoms with Crippen molar-refractivity contribution in [2.45, 2.75) is 26.3 Å². The minimum absolute atomic E-state index is 0.0809. The Labute approximate surface area is 152 Å². The fourth-order valence-electron chi connectivity index (χ4n) is 3.46. The van der Waals surface area contributed by atoms with Crippen molar-refractivity contribution >= 4 is 11.7 Å². The standard InChI is InChI=1S/C19H23N5O2/c1-13(25)24-8-4-16-17(11-24)22-18(15-2-6-20-7-3-15)23-19(16)21-10-14-5-9-26-12-14/h2-3,6-7,14H,4-5,8-12H2,1H3,(H,21,22,23)/t14-/m0/s1. The van der Waals surface area contributed by atoms with Crippen molar-refractivity contribution in [3.8, 4) is 11.4 Å². The second-order valence-electron chi connectivity index (χ2n) is 6.86. The second-order valence-corrected chi connectivity index (χ2v) is 6.86. The summed E-state index contributed by atoms with van der Waals surface area (Å²) in [5.74, 6) is 2.15. The van der Waals surface area contributed by atoms with Gasteiger partial charge < -0.3 is 15.0 Å². The molecule has 26 heavy (non-hydrogen) atoms. The summed E-state index contributed by atoms with van der Waals surface area (Å²) in [4.78, 5) is 27.2. The molecule has 2 aromatic heterocycles. The van der Waals surface area contributed by atoms with Gasteiger partial charge in [0.2, 0.25) is 5.91 Å². The molecule has 0 unspecified atom stereocenters. The third-order valence-electron chi connectivity index (χ3n) is 5.03. The van der Waals surface area contributed by atoms with Gasteiger partial charge in [0.05, 0.1) is 18.8 Å². The highest BCUT2D eigenvalue weighted by Crippen LogP contribution is 2.27. The van der Waals surface area contributed by atoms with Gasteiger partial charge in [0, 0.05) is 56.1 Å². The maximum atomic E-state index is 11.8. The molecule has 0 bridgehead atoms. The normalized spacial score (nSPS) is 19.3. The fraction of sp³-hybridized carbons (Fsp3) is 0.474. The summed E-state index contributed by atoms with van der Waals surface area (Å²) < 4.78 is 5.47. The molecule has 4 heterocycles. The number of carbonyl (C=O) groups excluding carboxylic acids is 1. The van der Waals surface area contributed by atoms with Gasteiger partial charge in [0.25, 0.3) is 0 Å². The number of nitrogens with zero attached hydrogens (tertiary/aromatic N) is 4. The summed E-state index contributed by atoms with van der Waals surface area (Å²) >= 11 is 0. The quantitative estimate of drug-likeness (QED) is 0.904. The largest absolute Gasteiger partial charge is 0.381 e. The average molecular weight is 353 g/mol. The molecule has 1 atom stereocenters. The lowest BCUT2D eigenvalue weighted by Crippen LogP contribution is -2.35. The lowest BCUT2D eigenvalue weighted by Gasteiger charge is -2.29. The minimum atomic E-state index is 0.0809. The molecule has 136 valence electrons. The van der Waals surface area contributed by atoms with Crippen LogP contribution in [0.3, 0.4) is 0 Å². The Hall–Kier alpha value is -2.54. The van der Waals surface area contributed by atoms with Crippen LogP contribution >= 0.6 is 0 Å². The van der Waals surface area contributed by atoms with Crippen molar-refractivity contribution < 1.29 is 9.53 Å². The fourth-order valence-corrected chi connectivity index (χ4v) is 3.46. The number of carbonyl (C=O) groups is 1. The summed E-state index contributed by atoms with van der Waals surface area (Å²) in [6.45, 7) is 5.33. The zero-order valence-corrected chi connectivity index (χ0v) is 14.9. The van der Waals surface area contributed by atoms with Gasteiger partial charge in [0.15, 0.2) is 5.82 Å². The van der Waals surface area contributed by atoms with Gasteiger partial charge in [-0.15, -0.1) is 0 Å². The van der Waals surface area contributed by atoms with Crippen molar-refractivity contribution in [1.82, 2.24) is 19.9 Å². The molecule has 2 aliphatic heterocycles. The van der Waals surface area contributed by atoms with Crippen LogP contribution in [-0.4, -0.2) is 52.1 Å². The molecule has 1 saturated heterocycles. The molecule has 7 heteroatoms. The van der Waals surface area contributed by atoms with E-state index in [1.54, 1.807) is 19.3 Å². The number of aromatic nitrogens is 3. The molecule has 0 radical (unpaired) electrons. The molecule has 1 N–H and O–H groups in total. The molecule has 7 nitrogen and oxygen atoms in total. The number of amides is 1. The van der Waals surface area contributed by atoms with Gasteiger partial charge in [-0.2, -0.15) is 0 Å². The molecule has 4 rings (SSSR count). The first-order valence-corrected chi connectivity index (χ1v) is 9.08. The SMILES string of the molecule is CC(=O)N1CCc2c(nc(-c3ccncc3)nc2NC[C@@H]2CCOC2)C1. The third-order valence-corrected chi connectivity index (χ3v) is 5.03. The second kappa shape index (κ2) is 7.37. The monoisotopic (exact) mass is 353 g/mol. The van der Waals surface area contributed by atoms with Crippen LogP contribution in [0, 0.1) is 5.92 Å². The van der Waals surface area contributed by atoms with Gasteiger partial charge in [-0.05, 0) is 25.0 Å². The highest BCUT2D eigenvalue weighted by Gasteiger charge is 2.25. The van der Waals surface area contributed by atoms with E-state index in [2.05, 4.69) is 10.3 Å². The number of hydrogen-bond acceptors (Lipinski definition) is 6. The van der Waals surface area contributed by atoms with E-state index in [0.29, 0.717) is 24.8 Å². The first kappa shape index (κ1) is 16.9. The van der Waals surface area contributed by atoms with Crippen molar-refractivity contribution in [3.63, 3.8) is 0 Å². The number of nitrogens with one attached hydrogen (secondary N) is 1. The van der Waals surface area contributed by atoms with Gasteiger partial charge in [-0.25, -0.2) is 9.97 Å².